The first-order valence-corrected chi connectivity index (χ1v) is 7.99. The van der Waals surface area contributed by atoms with E-state index >= 15 is 0 Å². The number of carbonyl (C=O) groups is 1. The van der Waals surface area contributed by atoms with E-state index in [9.17, 15) is 9.59 Å². The summed E-state index contributed by atoms with van der Waals surface area (Å²) in [7, 11) is 0. The number of carboxylic acid groups (broad SMARTS) is 1. The van der Waals surface area contributed by atoms with Crippen molar-refractivity contribution in [2.45, 2.75) is 27.3 Å². The zero-order chi connectivity index (χ0) is 16.7. The third-order valence-corrected chi connectivity index (χ3v) is 5.12. The van der Waals surface area contributed by atoms with Crippen LogP contribution in [0.5, 0.6) is 0 Å². The molecule has 0 spiro atoms. The van der Waals surface area contributed by atoms with E-state index in [-0.39, 0.29) is 11.1 Å². The van der Waals surface area contributed by atoms with Crippen LogP contribution in [-0.2, 0) is 6.54 Å². The summed E-state index contributed by atoms with van der Waals surface area (Å²) < 4.78 is 1.64. The van der Waals surface area contributed by atoms with Gasteiger partial charge in [-0.15, -0.1) is 11.3 Å². The summed E-state index contributed by atoms with van der Waals surface area (Å²) in [6.07, 6.45) is 0. The fourth-order valence-corrected chi connectivity index (χ4v) is 3.62. The Morgan fingerprint density at radius 2 is 1.87 bits per heavy atom. The lowest BCUT2D eigenvalue weighted by molar-refractivity contribution is 0.0697. The van der Waals surface area contributed by atoms with Crippen molar-refractivity contribution >= 4 is 27.5 Å². The second kappa shape index (κ2) is 5.62. The number of aromatic carboxylic acids is 1. The Hall–Kier alpha value is -2.47. The first-order valence-electron chi connectivity index (χ1n) is 7.18. The van der Waals surface area contributed by atoms with Crippen LogP contribution in [-0.4, -0.2) is 20.6 Å². The summed E-state index contributed by atoms with van der Waals surface area (Å²) in [5.74, 6) is -0.302. The van der Waals surface area contributed by atoms with Gasteiger partial charge in [0, 0.05) is 4.88 Å². The molecular formula is C17H16N2O3S. The first kappa shape index (κ1) is 15.4. The summed E-state index contributed by atoms with van der Waals surface area (Å²) in [5, 5.41) is 9.62. The number of nitrogens with zero attached hydrogens (tertiary/aromatic N) is 2. The average molecular weight is 328 g/mol. The van der Waals surface area contributed by atoms with Gasteiger partial charge in [0.2, 0.25) is 0 Å². The number of rotatable bonds is 3. The molecule has 5 nitrogen and oxygen atoms in total. The lowest BCUT2D eigenvalue weighted by atomic mass is 10.1. The molecule has 0 radical (unpaired) electrons. The van der Waals surface area contributed by atoms with Crippen LogP contribution in [0.2, 0.25) is 0 Å². The van der Waals surface area contributed by atoms with Crippen LogP contribution >= 0.6 is 11.3 Å². The van der Waals surface area contributed by atoms with Crippen molar-refractivity contribution in [1.29, 1.82) is 0 Å². The normalized spacial score (nSPS) is 11.1. The van der Waals surface area contributed by atoms with Crippen molar-refractivity contribution in [3.05, 3.63) is 62.0 Å². The monoisotopic (exact) mass is 328 g/mol. The second-order valence-electron chi connectivity index (χ2n) is 5.52. The quantitative estimate of drug-likeness (QED) is 0.802. The minimum Gasteiger partial charge on any atom is -0.478 e. The molecule has 3 rings (SSSR count). The summed E-state index contributed by atoms with van der Waals surface area (Å²) in [4.78, 5) is 30.1. The first-order chi connectivity index (χ1) is 10.9. The second-order valence-corrected chi connectivity index (χ2v) is 6.72. The van der Waals surface area contributed by atoms with Crippen molar-refractivity contribution in [2.75, 3.05) is 0 Å². The average Bonchev–Trinajstić information content (AvgIpc) is 2.78. The number of aryl methyl sites for hydroxylation is 3. The standard InChI is InChI=1S/C17H16N2O3S/c1-9-10(2)23-15-14(9)16(20)19(11(3)18-15)8-12-4-6-13(7-5-12)17(21)22/h4-7H,8H2,1-3H3,(H,21,22). The number of benzene rings is 1. The number of fused-ring (bicyclic) bond motifs is 1. The Kier molecular flexibility index (Phi) is 3.77. The third-order valence-electron chi connectivity index (χ3n) is 4.02. The fraction of sp³-hybridized carbons (Fsp3) is 0.235. The van der Waals surface area contributed by atoms with Crippen molar-refractivity contribution < 1.29 is 9.90 Å². The Balaban J connectivity index is 2.07. The Morgan fingerprint density at radius 1 is 1.22 bits per heavy atom. The van der Waals surface area contributed by atoms with Gasteiger partial charge < -0.3 is 5.11 Å². The highest BCUT2D eigenvalue weighted by Crippen LogP contribution is 2.26. The molecule has 2 heterocycles. The zero-order valence-electron chi connectivity index (χ0n) is 13.1. The Labute approximate surface area is 136 Å². The van der Waals surface area contributed by atoms with E-state index < -0.39 is 5.97 Å². The van der Waals surface area contributed by atoms with Crippen LogP contribution in [0, 0.1) is 20.8 Å². The zero-order valence-corrected chi connectivity index (χ0v) is 13.9. The van der Waals surface area contributed by atoms with Gasteiger partial charge in [0.05, 0.1) is 17.5 Å². The molecule has 0 aliphatic carbocycles. The minimum atomic E-state index is -0.961. The number of hydrogen-bond acceptors (Lipinski definition) is 4. The van der Waals surface area contributed by atoms with Gasteiger partial charge in [0.25, 0.3) is 5.56 Å². The van der Waals surface area contributed by atoms with Gasteiger partial charge in [-0.3, -0.25) is 9.36 Å². The van der Waals surface area contributed by atoms with E-state index in [4.69, 9.17) is 5.11 Å². The molecule has 6 heteroatoms. The molecule has 2 aromatic heterocycles. The van der Waals surface area contributed by atoms with Gasteiger partial charge in [-0.2, -0.15) is 0 Å². The largest absolute Gasteiger partial charge is 0.478 e. The van der Waals surface area contributed by atoms with E-state index in [0.29, 0.717) is 17.8 Å². The molecule has 1 N–H and O–H groups in total. The number of hydrogen-bond donors (Lipinski definition) is 1. The smallest absolute Gasteiger partial charge is 0.335 e. The molecule has 0 amide bonds. The van der Waals surface area contributed by atoms with Crippen molar-refractivity contribution in [1.82, 2.24) is 9.55 Å². The molecule has 0 unspecified atom stereocenters. The van der Waals surface area contributed by atoms with E-state index in [1.165, 1.54) is 11.3 Å². The van der Waals surface area contributed by atoms with Crippen LogP contribution in [0.25, 0.3) is 10.2 Å². The minimum absolute atomic E-state index is 0.0448. The molecule has 3 aromatic rings. The third kappa shape index (κ3) is 2.66. The maximum Gasteiger partial charge on any atom is 0.335 e. The fourth-order valence-electron chi connectivity index (χ4n) is 2.55. The highest BCUT2D eigenvalue weighted by molar-refractivity contribution is 7.18. The van der Waals surface area contributed by atoms with Gasteiger partial charge >= 0.3 is 5.97 Å². The lowest BCUT2D eigenvalue weighted by Crippen LogP contribution is -2.24. The van der Waals surface area contributed by atoms with Crippen LogP contribution in [0.4, 0.5) is 0 Å². The molecule has 23 heavy (non-hydrogen) atoms. The summed E-state index contributed by atoms with van der Waals surface area (Å²) in [6, 6.07) is 6.55. The van der Waals surface area contributed by atoms with Gasteiger partial charge in [-0.25, -0.2) is 9.78 Å². The number of thiophene rings is 1. The van der Waals surface area contributed by atoms with Crippen LogP contribution < -0.4 is 5.56 Å². The molecule has 0 fully saturated rings. The Morgan fingerprint density at radius 3 is 2.48 bits per heavy atom. The maximum absolute atomic E-state index is 12.8. The summed E-state index contributed by atoms with van der Waals surface area (Å²) in [5.41, 5.74) is 2.04. The number of aromatic nitrogens is 2. The molecule has 0 bridgehead atoms. The van der Waals surface area contributed by atoms with Gasteiger partial charge in [-0.1, -0.05) is 12.1 Å². The summed E-state index contributed by atoms with van der Waals surface area (Å²) in [6.45, 7) is 6.13. The highest BCUT2D eigenvalue weighted by Gasteiger charge is 2.14. The topological polar surface area (TPSA) is 72.2 Å². The predicted octanol–water partition coefficient (Wildman–Crippen LogP) is 3.13. The molecule has 0 aliphatic rings. The molecule has 118 valence electrons. The molecule has 1 aromatic carbocycles. The van der Waals surface area contributed by atoms with Gasteiger partial charge in [-0.05, 0) is 44.0 Å². The lowest BCUT2D eigenvalue weighted by Gasteiger charge is -2.10. The van der Waals surface area contributed by atoms with Gasteiger partial charge in [0.1, 0.15) is 10.7 Å². The molecule has 0 aliphatic heterocycles. The van der Waals surface area contributed by atoms with Crippen LogP contribution in [0.1, 0.15) is 32.2 Å². The van der Waals surface area contributed by atoms with E-state index in [1.807, 2.05) is 20.8 Å². The maximum atomic E-state index is 12.8. The van der Waals surface area contributed by atoms with E-state index in [1.54, 1.807) is 28.8 Å². The van der Waals surface area contributed by atoms with E-state index in [0.717, 1.165) is 20.8 Å². The molecule has 0 saturated heterocycles. The van der Waals surface area contributed by atoms with Crippen LogP contribution in [0.15, 0.2) is 29.1 Å². The summed E-state index contributed by atoms with van der Waals surface area (Å²) >= 11 is 1.54. The van der Waals surface area contributed by atoms with Crippen molar-refractivity contribution in [2.24, 2.45) is 0 Å². The number of carboxylic acids is 1. The molecule has 0 saturated carbocycles. The van der Waals surface area contributed by atoms with E-state index in [2.05, 4.69) is 4.98 Å². The predicted molar refractivity (Wildman–Crippen MR) is 90.6 cm³/mol. The van der Waals surface area contributed by atoms with Crippen LogP contribution in [0.3, 0.4) is 0 Å². The highest BCUT2D eigenvalue weighted by atomic mass is 32.1. The molecular weight excluding hydrogens is 312 g/mol. The van der Waals surface area contributed by atoms with Crippen molar-refractivity contribution in [3.63, 3.8) is 0 Å². The SMILES string of the molecule is Cc1sc2nc(C)n(Cc3ccc(C(=O)O)cc3)c(=O)c2c1C. The Bertz CT molecular complexity index is 968. The van der Waals surface area contributed by atoms with Gasteiger partial charge in [0.15, 0.2) is 0 Å². The van der Waals surface area contributed by atoms with Crippen molar-refractivity contribution in [3.8, 4) is 0 Å². The molecule has 0 atom stereocenters.